The molecule has 1 unspecified atom stereocenters. The molecule has 2 aromatic carbocycles. The lowest BCUT2D eigenvalue weighted by molar-refractivity contribution is 0.00920. The molecule has 0 spiro atoms. The Morgan fingerprint density at radius 1 is 1.14 bits per heavy atom. The number of nitrogens with zero attached hydrogens (tertiary/aromatic N) is 1. The molecule has 2 atom stereocenters. The number of hydrogen-bond acceptors (Lipinski definition) is 3. The van der Waals surface area contributed by atoms with Crippen LogP contribution in [-0.2, 0) is 16.8 Å². The van der Waals surface area contributed by atoms with Crippen molar-refractivity contribution in [2.75, 3.05) is 13.1 Å². The van der Waals surface area contributed by atoms with E-state index in [1.54, 1.807) is 0 Å². The van der Waals surface area contributed by atoms with E-state index in [1.165, 1.54) is 5.56 Å². The molecule has 0 saturated carbocycles. The molecule has 1 fully saturated rings. The standard InChI is InChI=1S/C25H33NO3/c1-19-17-26(23(27)29-24(2,3)4)15-14-25(19,5)21-12-9-13-22(16-21)28-18-20-10-7-6-8-11-20/h6-13,16,19H,14-15,17-18H2,1-5H3/t19?,25-/m1/s1. The van der Waals surface area contributed by atoms with E-state index in [0.29, 0.717) is 25.6 Å². The van der Waals surface area contributed by atoms with Crippen LogP contribution in [0.2, 0.25) is 0 Å². The molecule has 0 N–H and O–H groups in total. The van der Waals surface area contributed by atoms with E-state index >= 15 is 0 Å². The first-order valence-corrected chi connectivity index (χ1v) is 10.4. The van der Waals surface area contributed by atoms with Gasteiger partial charge in [-0.05, 0) is 61.8 Å². The van der Waals surface area contributed by atoms with Gasteiger partial charge in [-0.2, -0.15) is 0 Å². The Morgan fingerprint density at radius 3 is 2.52 bits per heavy atom. The molecule has 1 aliphatic rings. The Bertz CT molecular complexity index is 827. The summed E-state index contributed by atoms with van der Waals surface area (Å²) in [5.41, 5.74) is 1.94. The highest BCUT2D eigenvalue weighted by molar-refractivity contribution is 5.68. The van der Waals surface area contributed by atoms with Gasteiger partial charge in [-0.1, -0.05) is 56.3 Å². The van der Waals surface area contributed by atoms with Crippen molar-refractivity contribution < 1.29 is 14.3 Å². The minimum absolute atomic E-state index is 0.00930. The van der Waals surface area contributed by atoms with E-state index in [9.17, 15) is 4.79 Å². The minimum atomic E-state index is -0.467. The second kappa shape index (κ2) is 8.48. The SMILES string of the molecule is CC1CN(C(=O)OC(C)(C)C)CC[C@@]1(C)c1cccc(OCc2ccccc2)c1. The zero-order chi connectivity index (χ0) is 21.1. The number of likely N-dealkylation sites (tertiary alicyclic amines) is 1. The molecule has 156 valence electrons. The highest BCUT2D eigenvalue weighted by atomic mass is 16.6. The molecule has 1 saturated heterocycles. The number of carbonyl (C=O) groups is 1. The van der Waals surface area contributed by atoms with Crippen molar-refractivity contribution in [3.05, 3.63) is 65.7 Å². The van der Waals surface area contributed by atoms with Crippen LogP contribution in [0.4, 0.5) is 4.79 Å². The summed E-state index contributed by atoms with van der Waals surface area (Å²) in [6, 6.07) is 18.6. The highest BCUT2D eigenvalue weighted by Crippen LogP contribution is 2.40. The van der Waals surface area contributed by atoms with Gasteiger partial charge in [0.05, 0.1) is 0 Å². The topological polar surface area (TPSA) is 38.8 Å². The molecule has 2 aromatic rings. The molecule has 3 rings (SSSR count). The third kappa shape index (κ3) is 5.31. The minimum Gasteiger partial charge on any atom is -0.489 e. The average molecular weight is 396 g/mol. The second-order valence-electron chi connectivity index (χ2n) is 9.30. The van der Waals surface area contributed by atoms with Crippen molar-refractivity contribution in [1.29, 1.82) is 0 Å². The van der Waals surface area contributed by atoms with Gasteiger partial charge in [-0.25, -0.2) is 4.79 Å². The van der Waals surface area contributed by atoms with Crippen molar-refractivity contribution in [3.63, 3.8) is 0 Å². The molecule has 1 amide bonds. The normalized spacial score (nSPS) is 22.2. The number of carbonyl (C=O) groups excluding carboxylic acids is 1. The Kier molecular flexibility index (Phi) is 6.21. The first kappa shape index (κ1) is 21.2. The van der Waals surface area contributed by atoms with Crippen molar-refractivity contribution >= 4 is 6.09 Å². The van der Waals surface area contributed by atoms with Gasteiger partial charge < -0.3 is 14.4 Å². The second-order valence-corrected chi connectivity index (χ2v) is 9.30. The lowest BCUT2D eigenvalue weighted by Gasteiger charge is -2.45. The van der Waals surface area contributed by atoms with Crippen molar-refractivity contribution in [2.45, 2.75) is 58.7 Å². The van der Waals surface area contributed by atoms with E-state index in [1.807, 2.05) is 49.9 Å². The average Bonchev–Trinajstić information content (AvgIpc) is 2.68. The Morgan fingerprint density at radius 2 is 1.86 bits per heavy atom. The van der Waals surface area contributed by atoms with Gasteiger partial charge in [-0.3, -0.25) is 0 Å². The molecule has 4 nitrogen and oxygen atoms in total. The van der Waals surface area contributed by atoms with Crippen molar-refractivity contribution in [1.82, 2.24) is 4.90 Å². The van der Waals surface area contributed by atoms with Crippen molar-refractivity contribution in [3.8, 4) is 5.75 Å². The summed E-state index contributed by atoms with van der Waals surface area (Å²) in [5, 5.41) is 0. The molecule has 0 aromatic heterocycles. The van der Waals surface area contributed by atoms with Crippen LogP contribution in [0.3, 0.4) is 0 Å². The fraction of sp³-hybridized carbons (Fsp3) is 0.480. The fourth-order valence-electron chi connectivity index (χ4n) is 3.84. The monoisotopic (exact) mass is 395 g/mol. The van der Waals surface area contributed by atoms with E-state index in [2.05, 4.69) is 44.2 Å². The van der Waals surface area contributed by atoms with Gasteiger partial charge in [-0.15, -0.1) is 0 Å². The number of hydrogen-bond donors (Lipinski definition) is 0. The summed E-state index contributed by atoms with van der Waals surface area (Å²) in [7, 11) is 0. The predicted molar refractivity (Wildman–Crippen MR) is 116 cm³/mol. The summed E-state index contributed by atoms with van der Waals surface area (Å²) in [5.74, 6) is 1.20. The molecular formula is C25H33NO3. The van der Waals surface area contributed by atoms with Gasteiger partial charge in [0.2, 0.25) is 0 Å². The Balaban J connectivity index is 1.67. The van der Waals surface area contributed by atoms with E-state index < -0.39 is 5.60 Å². The summed E-state index contributed by atoms with van der Waals surface area (Å²) in [6.45, 7) is 12.2. The van der Waals surface area contributed by atoms with Gasteiger partial charge >= 0.3 is 6.09 Å². The first-order chi connectivity index (χ1) is 13.7. The molecule has 0 bridgehead atoms. The smallest absolute Gasteiger partial charge is 0.410 e. The lowest BCUT2D eigenvalue weighted by Crippen LogP contribution is -2.50. The summed E-state index contributed by atoms with van der Waals surface area (Å²) in [4.78, 5) is 14.3. The van der Waals surface area contributed by atoms with E-state index in [0.717, 1.165) is 17.7 Å². The predicted octanol–water partition coefficient (Wildman–Crippen LogP) is 5.80. The van der Waals surface area contributed by atoms with Crippen LogP contribution in [0.25, 0.3) is 0 Å². The maximum absolute atomic E-state index is 12.5. The molecule has 4 heteroatoms. The lowest BCUT2D eigenvalue weighted by atomic mass is 9.68. The van der Waals surface area contributed by atoms with Crippen LogP contribution >= 0.6 is 0 Å². The van der Waals surface area contributed by atoms with Crippen LogP contribution in [-0.4, -0.2) is 29.7 Å². The summed E-state index contributed by atoms with van der Waals surface area (Å²) >= 11 is 0. The molecular weight excluding hydrogens is 362 g/mol. The largest absolute Gasteiger partial charge is 0.489 e. The van der Waals surface area contributed by atoms with Crippen LogP contribution in [0.5, 0.6) is 5.75 Å². The van der Waals surface area contributed by atoms with Crippen LogP contribution in [0, 0.1) is 5.92 Å². The molecule has 29 heavy (non-hydrogen) atoms. The number of rotatable bonds is 4. The number of piperidine rings is 1. The summed E-state index contributed by atoms with van der Waals surface area (Å²) < 4.78 is 11.6. The van der Waals surface area contributed by atoms with Crippen LogP contribution in [0.15, 0.2) is 54.6 Å². The van der Waals surface area contributed by atoms with E-state index in [4.69, 9.17) is 9.47 Å². The van der Waals surface area contributed by atoms with Crippen LogP contribution < -0.4 is 4.74 Å². The molecule has 0 aliphatic carbocycles. The number of amides is 1. The van der Waals surface area contributed by atoms with Gasteiger partial charge in [0.15, 0.2) is 0 Å². The number of ether oxygens (including phenoxy) is 2. The zero-order valence-electron chi connectivity index (χ0n) is 18.3. The molecule has 0 radical (unpaired) electrons. The van der Waals surface area contributed by atoms with Gasteiger partial charge in [0, 0.05) is 13.1 Å². The fourth-order valence-corrected chi connectivity index (χ4v) is 3.84. The maximum Gasteiger partial charge on any atom is 0.410 e. The van der Waals surface area contributed by atoms with Crippen LogP contribution in [0.1, 0.15) is 52.2 Å². The molecule has 1 aliphatic heterocycles. The Labute approximate surface area is 174 Å². The van der Waals surface area contributed by atoms with Gasteiger partial charge in [0.25, 0.3) is 0 Å². The Hall–Kier alpha value is -2.49. The van der Waals surface area contributed by atoms with Gasteiger partial charge in [0.1, 0.15) is 18.0 Å². The number of benzene rings is 2. The highest BCUT2D eigenvalue weighted by Gasteiger charge is 2.40. The quantitative estimate of drug-likeness (QED) is 0.657. The van der Waals surface area contributed by atoms with E-state index in [-0.39, 0.29) is 11.5 Å². The third-order valence-electron chi connectivity index (χ3n) is 5.88. The zero-order valence-corrected chi connectivity index (χ0v) is 18.3. The maximum atomic E-state index is 12.5. The molecule has 1 heterocycles. The third-order valence-corrected chi connectivity index (χ3v) is 5.88. The first-order valence-electron chi connectivity index (χ1n) is 10.4. The van der Waals surface area contributed by atoms with Crippen molar-refractivity contribution in [2.24, 2.45) is 5.92 Å². The summed E-state index contributed by atoms with van der Waals surface area (Å²) in [6.07, 6.45) is 0.682.